The van der Waals surface area contributed by atoms with Crippen LogP contribution in [0.25, 0.3) is 11.1 Å². The fourth-order valence-corrected chi connectivity index (χ4v) is 4.12. The smallest absolute Gasteiger partial charge is 0.217 e. The minimum atomic E-state index is -0.966. The van der Waals surface area contributed by atoms with Gasteiger partial charge < -0.3 is 20.2 Å². The average Bonchev–Trinajstić information content (AvgIpc) is 3.26. The molecular formula is C27H32F2N2O3. The second-order valence-electron chi connectivity index (χ2n) is 9.09. The number of aliphatic hydroxyl groups is 1. The van der Waals surface area contributed by atoms with E-state index in [1.807, 2.05) is 6.07 Å². The minimum absolute atomic E-state index is 0.0985. The van der Waals surface area contributed by atoms with Crippen LogP contribution in [0.3, 0.4) is 0 Å². The van der Waals surface area contributed by atoms with Crippen LogP contribution in [0.15, 0.2) is 59.4 Å². The highest BCUT2D eigenvalue weighted by Gasteiger charge is 2.21. The third-order valence-electron chi connectivity index (χ3n) is 5.55. The van der Waals surface area contributed by atoms with E-state index in [2.05, 4.69) is 42.7 Å². The summed E-state index contributed by atoms with van der Waals surface area (Å²) in [6, 6.07) is 10.8. The standard InChI is InChI=1S/C27H32F2N2O3/c1-17(2)8-19-4-5-25(21-6-7-34-16-21)22(9-19)14-30-15-27(33)26(31-18(3)32)12-20-10-23(28)13-24(29)11-20/h4-7,9-11,13,16-17,26-27,30,33H,8,12,14-15H2,1-3H3,(H,31,32)/t26-,27-/m0/s1. The van der Waals surface area contributed by atoms with Gasteiger partial charge in [-0.2, -0.15) is 0 Å². The number of rotatable bonds is 11. The molecule has 0 unspecified atom stereocenters. The fraction of sp³-hybridized carbons (Fsp3) is 0.370. The van der Waals surface area contributed by atoms with Gasteiger partial charge in [0.05, 0.1) is 24.7 Å². The van der Waals surface area contributed by atoms with Crippen molar-refractivity contribution in [3.63, 3.8) is 0 Å². The number of hydrogen-bond donors (Lipinski definition) is 3. The fourth-order valence-electron chi connectivity index (χ4n) is 4.12. The summed E-state index contributed by atoms with van der Waals surface area (Å²) in [6.07, 6.45) is 3.41. The number of carbonyl (C=O) groups is 1. The van der Waals surface area contributed by atoms with Crippen molar-refractivity contribution in [1.29, 1.82) is 0 Å². The molecule has 3 N–H and O–H groups in total. The number of furan rings is 1. The van der Waals surface area contributed by atoms with Crippen molar-refractivity contribution in [3.05, 3.63) is 83.3 Å². The van der Waals surface area contributed by atoms with E-state index in [0.29, 0.717) is 18.0 Å². The van der Waals surface area contributed by atoms with Crippen molar-refractivity contribution in [3.8, 4) is 11.1 Å². The molecule has 0 fully saturated rings. The lowest BCUT2D eigenvalue weighted by atomic mass is 9.95. The Kier molecular flexibility index (Phi) is 8.96. The van der Waals surface area contributed by atoms with Crippen molar-refractivity contribution in [2.75, 3.05) is 6.54 Å². The molecule has 1 aromatic heterocycles. The Balaban J connectivity index is 1.70. The molecule has 7 heteroatoms. The summed E-state index contributed by atoms with van der Waals surface area (Å²) in [5, 5.41) is 16.7. The Morgan fingerprint density at radius 2 is 1.76 bits per heavy atom. The maximum atomic E-state index is 13.6. The molecule has 0 aliphatic carbocycles. The first-order chi connectivity index (χ1) is 16.2. The van der Waals surface area contributed by atoms with Crippen molar-refractivity contribution in [1.82, 2.24) is 10.6 Å². The van der Waals surface area contributed by atoms with Crippen LogP contribution in [0.1, 0.15) is 37.5 Å². The molecule has 0 saturated heterocycles. The molecular weight excluding hydrogens is 438 g/mol. The lowest BCUT2D eigenvalue weighted by Crippen LogP contribution is -2.48. The summed E-state index contributed by atoms with van der Waals surface area (Å²) in [4.78, 5) is 11.7. The van der Waals surface area contributed by atoms with Crippen LogP contribution >= 0.6 is 0 Å². The molecule has 2 aromatic carbocycles. The monoisotopic (exact) mass is 470 g/mol. The van der Waals surface area contributed by atoms with Gasteiger partial charge in [0.25, 0.3) is 0 Å². The number of nitrogens with one attached hydrogen (secondary N) is 2. The number of hydrogen-bond acceptors (Lipinski definition) is 4. The molecule has 2 atom stereocenters. The van der Waals surface area contributed by atoms with Crippen LogP contribution in [0.2, 0.25) is 0 Å². The van der Waals surface area contributed by atoms with E-state index in [0.717, 1.165) is 29.2 Å². The largest absolute Gasteiger partial charge is 0.472 e. The Morgan fingerprint density at radius 3 is 2.38 bits per heavy atom. The van der Waals surface area contributed by atoms with E-state index in [9.17, 15) is 18.7 Å². The van der Waals surface area contributed by atoms with Crippen LogP contribution in [-0.4, -0.2) is 29.7 Å². The van der Waals surface area contributed by atoms with Crippen LogP contribution in [-0.2, 0) is 24.2 Å². The highest BCUT2D eigenvalue weighted by atomic mass is 19.1. The first-order valence-electron chi connectivity index (χ1n) is 11.5. The quantitative estimate of drug-likeness (QED) is 0.382. The second-order valence-corrected chi connectivity index (χ2v) is 9.09. The zero-order valence-electron chi connectivity index (χ0n) is 19.8. The van der Waals surface area contributed by atoms with Crippen molar-refractivity contribution in [2.24, 2.45) is 5.92 Å². The first-order valence-corrected chi connectivity index (χ1v) is 11.5. The Morgan fingerprint density at radius 1 is 1.03 bits per heavy atom. The number of halogens is 2. The van der Waals surface area contributed by atoms with E-state index in [1.54, 1.807) is 12.5 Å². The van der Waals surface area contributed by atoms with E-state index in [-0.39, 0.29) is 18.9 Å². The molecule has 0 bridgehead atoms. The Labute approximate surface area is 199 Å². The number of aliphatic hydroxyl groups excluding tert-OH is 1. The molecule has 1 heterocycles. The highest BCUT2D eigenvalue weighted by Crippen LogP contribution is 2.26. The van der Waals surface area contributed by atoms with E-state index in [4.69, 9.17) is 4.42 Å². The van der Waals surface area contributed by atoms with Crippen molar-refractivity contribution >= 4 is 5.91 Å². The topological polar surface area (TPSA) is 74.5 Å². The maximum absolute atomic E-state index is 13.6. The average molecular weight is 471 g/mol. The molecule has 3 rings (SSSR count). The molecule has 0 aliphatic rings. The highest BCUT2D eigenvalue weighted by molar-refractivity contribution is 5.73. The zero-order chi connectivity index (χ0) is 24.7. The summed E-state index contributed by atoms with van der Waals surface area (Å²) < 4.78 is 32.4. The first kappa shape index (κ1) is 25.6. The van der Waals surface area contributed by atoms with Gasteiger partial charge in [0, 0.05) is 31.6 Å². The minimum Gasteiger partial charge on any atom is -0.472 e. The van der Waals surface area contributed by atoms with Gasteiger partial charge in [0.1, 0.15) is 11.6 Å². The van der Waals surface area contributed by atoms with Crippen molar-refractivity contribution < 1.29 is 23.1 Å². The SMILES string of the molecule is CC(=O)N[C@@H](Cc1cc(F)cc(F)c1)[C@@H](O)CNCc1cc(CC(C)C)ccc1-c1ccoc1. The summed E-state index contributed by atoms with van der Waals surface area (Å²) in [5.74, 6) is -1.20. The number of carbonyl (C=O) groups excluding carboxylic acids is 1. The predicted molar refractivity (Wildman–Crippen MR) is 128 cm³/mol. The van der Waals surface area contributed by atoms with Gasteiger partial charge in [-0.15, -0.1) is 0 Å². The summed E-state index contributed by atoms with van der Waals surface area (Å²) in [5.41, 5.74) is 4.66. The van der Waals surface area contributed by atoms with E-state index in [1.165, 1.54) is 24.6 Å². The van der Waals surface area contributed by atoms with Crippen LogP contribution in [0, 0.1) is 17.6 Å². The van der Waals surface area contributed by atoms with Crippen LogP contribution in [0.5, 0.6) is 0 Å². The van der Waals surface area contributed by atoms with Crippen molar-refractivity contribution in [2.45, 2.75) is 52.3 Å². The molecule has 0 aliphatic heterocycles. The van der Waals surface area contributed by atoms with Gasteiger partial charge in [-0.3, -0.25) is 4.79 Å². The normalized spacial score (nSPS) is 13.1. The third kappa shape index (κ3) is 7.50. The molecule has 5 nitrogen and oxygen atoms in total. The molecule has 182 valence electrons. The molecule has 0 spiro atoms. The molecule has 0 radical (unpaired) electrons. The zero-order valence-corrected chi connectivity index (χ0v) is 19.8. The van der Waals surface area contributed by atoms with Gasteiger partial charge in [-0.1, -0.05) is 32.0 Å². The lowest BCUT2D eigenvalue weighted by molar-refractivity contribution is -0.120. The van der Waals surface area contributed by atoms with Gasteiger partial charge in [-0.05, 0) is 59.2 Å². The van der Waals surface area contributed by atoms with Crippen LogP contribution < -0.4 is 10.6 Å². The molecule has 0 saturated carbocycles. The van der Waals surface area contributed by atoms with Gasteiger partial charge >= 0.3 is 0 Å². The van der Waals surface area contributed by atoms with E-state index < -0.39 is 23.8 Å². The predicted octanol–water partition coefficient (Wildman–Crippen LogP) is 4.62. The Bertz CT molecular complexity index is 1060. The molecule has 1 amide bonds. The summed E-state index contributed by atoms with van der Waals surface area (Å²) in [6.45, 7) is 6.36. The lowest BCUT2D eigenvalue weighted by Gasteiger charge is -2.24. The van der Waals surface area contributed by atoms with Gasteiger partial charge in [0.2, 0.25) is 5.91 Å². The second kappa shape index (κ2) is 11.9. The summed E-state index contributed by atoms with van der Waals surface area (Å²) in [7, 11) is 0. The summed E-state index contributed by atoms with van der Waals surface area (Å²) >= 11 is 0. The molecule has 3 aromatic rings. The molecule has 34 heavy (non-hydrogen) atoms. The van der Waals surface area contributed by atoms with Gasteiger partial charge in [0.15, 0.2) is 0 Å². The Hall–Kier alpha value is -3.03. The number of amides is 1. The number of benzene rings is 2. The maximum Gasteiger partial charge on any atom is 0.217 e. The van der Waals surface area contributed by atoms with Gasteiger partial charge in [-0.25, -0.2) is 8.78 Å². The van der Waals surface area contributed by atoms with E-state index >= 15 is 0 Å². The van der Waals surface area contributed by atoms with Crippen LogP contribution in [0.4, 0.5) is 8.78 Å². The third-order valence-corrected chi connectivity index (χ3v) is 5.55.